The van der Waals surface area contributed by atoms with Crippen LogP contribution in [0.2, 0.25) is 5.02 Å². The summed E-state index contributed by atoms with van der Waals surface area (Å²) in [5.41, 5.74) is 0. The van der Waals surface area contributed by atoms with Crippen molar-refractivity contribution in [1.29, 1.82) is 0 Å². The molecule has 0 N–H and O–H groups in total. The molecule has 0 saturated heterocycles. The van der Waals surface area contributed by atoms with E-state index in [1.54, 1.807) is 7.11 Å². The van der Waals surface area contributed by atoms with Crippen LogP contribution in [0.5, 0.6) is 11.5 Å². The molecular formula is C14H14BrClO2. The summed E-state index contributed by atoms with van der Waals surface area (Å²) in [4.78, 5) is 0. The summed E-state index contributed by atoms with van der Waals surface area (Å²) in [6.07, 6.45) is 0.956. The van der Waals surface area contributed by atoms with E-state index in [4.69, 9.17) is 21.1 Å². The zero-order valence-corrected chi connectivity index (χ0v) is 12.4. The van der Waals surface area contributed by atoms with Gasteiger partial charge in [0.2, 0.25) is 0 Å². The number of alkyl halides is 1. The van der Waals surface area contributed by atoms with Gasteiger partial charge in [0.15, 0.2) is 0 Å². The first-order valence-corrected chi connectivity index (χ1v) is 7.22. The number of methoxy groups -OCH3 is 1. The van der Waals surface area contributed by atoms with E-state index in [9.17, 15) is 0 Å². The highest BCUT2D eigenvalue weighted by Crippen LogP contribution is 2.39. The Hall–Kier alpha value is -0.930. The fourth-order valence-electron chi connectivity index (χ4n) is 1.85. The minimum atomic E-state index is 0.574. The lowest BCUT2D eigenvalue weighted by Crippen LogP contribution is -1.99. The van der Waals surface area contributed by atoms with Crippen molar-refractivity contribution in [3.05, 3.63) is 35.4 Å². The molecule has 2 nitrogen and oxygen atoms in total. The van der Waals surface area contributed by atoms with Crippen LogP contribution in [0.25, 0.3) is 10.8 Å². The molecule has 0 saturated carbocycles. The summed E-state index contributed by atoms with van der Waals surface area (Å²) in [6.45, 7) is 0.665. The summed E-state index contributed by atoms with van der Waals surface area (Å²) < 4.78 is 11.1. The number of fused-ring (bicyclic) bond motifs is 1. The molecule has 0 atom stereocenters. The van der Waals surface area contributed by atoms with Crippen LogP contribution in [-0.4, -0.2) is 19.0 Å². The second-order valence-electron chi connectivity index (χ2n) is 3.83. The Morgan fingerprint density at radius 3 is 2.61 bits per heavy atom. The Labute approximate surface area is 120 Å². The number of benzene rings is 2. The van der Waals surface area contributed by atoms with Crippen LogP contribution in [0.1, 0.15) is 6.42 Å². The van der Waals surface area contributed by atoms with Gasteiger partial charge in [0.05, 0.1) is 18.7 Å². The van der Waals surface area contributed by atoms with Crippen molar-refractivity contribution < 1.29 is 9.47 Å². The van der Waals surface area contributed by atoms with E-state index in [0.717, 1.165) is 28.3 Å². The Morgan fingerprint density at radius 2 is 1.94 bits per heavy atom. The number of ether oxygens (including phenoxy) is 2. The zero-order chi connectivity index (χ0) is 13.0. The van der Waals surface area contributed by atoms with Crippen molar-refractivity contribution in [2.45, 2.75) is 6.42 Å². The SMILES string of the molecule is COc1c(Cl)cc(OCCCBr)c2ccccc12. The molecular weight excluding hydrogens is 316 g/mol. The highest BCUT2D eigenvalue weighted by Gasteiger charge is 2.11. The number of hydrogen-bond acceptors (Lipinski definition) is 2. The largest absolute Gasteiger partial charge is 0.495 e. The molecule has 4 heteroatoms. The molecule has 2 aromatic carbocycles. The molecule has 0 amide bonds. The predicted octanol–water partition coefficient (Wildman–Crippen LogP) is 4.67. The van der Waals surface area contributed by atoms with Crippen molar-refractivity contribution in [2.75, 3.05) is 19.0 Å². The van der Waals surface area contributed by atoms with Crippen LogP contribution in [0.15, 0.2) is 30.3 Å². The Morgan fingerprint density at radius 1 is 1.22 bits per heavy atom. The monoisotopic (exact) mass is 328 g/mol. The molecule has 0 bridgehead atoms. The maximum atomic E-state index is 6.21. The van der Waals surface area contributed by atoms with E-state index in [2.05, 4.69) is 15.9 Å². The van der Waals surface area contributed by atoms with Gasteiger partial charge < -0.3 is 9.47 Å². The summed E-state index contributed by atoms with van der Waals surface area (Å²) in [5.74, 6) is 1.50. The molecule has 2 aromatic rings. The van der Waals surface area contributed by atoms with Gasteiger partial charge in [0, 0.05) is 22.2 Å². The first-order chi connectivity index (χ1) is 8.77. The molecule has 0 heterocycles. The second kappa shape index (κ2) is 6.30. The third kappa shape index (κ3) is 2.73. The quantitative estimate of drug-likeness (QED) is 0.586. The van der Waals surface area contributed by atoms with E-state index in [0.29, 0.717) is 17.4 Å². The Bertz CT molecular complexity index is 543. The normalized spacial score (nSPS) is 10.6. The Balaban J connectivity index is 2.47. The highest BCUT2D eigenvalue weighted by molar-refractivity contribution is 9.09. The molecule has 18 heavy (non-hydrogen) atoms. The maximum absolute atomic E-state index is 6.21. The lowest BCUT2D eigenvalue weighted by molar-refractivity contribution is 0.322. The summed E-state index contributed by atoms with van der Waals surface area (Å²) in [5, 5.41) is 3.49. The van der Waals surface area contributed by atoms with E-state index in [1.807, 2.05) is 30.3 Å². The standard InChI is InChI=1S/C14H14BrClO2/c1-17-14-11-6-3-2-5-10(11)13(9-12(14)16)18-8-4-7-15/h2-3,5-6,9H,4,7-8H2,1H3. The van der Waals surface area contributed by atoms with Gasteiger partial charge in [-0.05, 0) is 6.42 Å². The molecule has 0 fully saturated rings. The molecule has 0 aliphatic heterocycles. The molecule has 0 spiro atoms. The van der Waals surface area contributed by atoms with Crippen molar-refractivity contribution >= 4 is 38.3 Å². The van der Waals surface area contributed by atoms with Gasteiger partial charge in [-0.15, -0.1) is 0 Å². The van der Waals surface area contributed by atoms with Gasteiger partial charge in [-0.3, -0.25) is 0 Å². The van der Waals surface area contributed by atoms with Gasteiger partial charge in [-0.2, -0.15) is 0 Å². The summed E-state index contributed by atoms with van der Waals surface area (Å²) >= 11 is 9.59. The average molecular weight is 330 g/mol. The van der Waals surface area contributed by atoms with Crippen LogP contribution >= 0.6 is 27.5 Å². The topological polar surface area (TPSA) is 18.5 Å². The Kier molecular flexibility index (Phi) is 4.72. The summed E-state index contributed by atoms with van der Waals surface area (Å²) in [7, 11) is 1.62. The third-order valence-electron chi connectivity index (χ3n) is 2.65. The lowest BCUT2D eigenvalue weighted by Gasteiger charge is -2.13. The molecule has 0 radical (unpaired) electrons. The fraction of sp³-hybridized carbons (Fsp3) is 0.286. The van der Waals surface area contributed by atoms with Crippen LogP contribution in [0, 0.1) is 0 Å². The van der Waals surface area contributed by atoms with Crippen molar-refractivity contribution in [3.63, 3.8) is 0 Å². The van der Waals surface area contributed by atoms with E-state index in [-0.39, 0.29) is 0 Å². The van der Waals surface area contributed by atoms with E-state index >= 15 is 0 Å². The molecule has 96 valence electrons. The third-order valence-corrected chi connectivity index (χ3v) is 3.49. The van der Waals surface area contributed by atoms with Gasteiger partial charge in [0.1, 0.15) is 11.5 Å². The number of rotatable bonds is 5. The second-order valence-corrected chi connectivity index (χ2v) is 5.03. The van der Waals surface area contributed by atoms with Crippen LogP contribution < -0.4 is 9.47 Å². The van der Waals surface area contributed by atoms with Crippen LogP contribution in [0.4, 0.5) is 0 Å². The fourth-order valence-corrected chi connectivity index (χ4v) is 2.35. The molecule has 2 rings (SSSR count). The first-order valence-electron chi connectivity index (χ1n) is 5.72. The smallest absolute Gasteiger partial charge is 0.145 e. The maximum Gasteiger partial charge on any atom is 0.145 e. The predicted molar refractivity (Wildman–Crippen MR) is 79.4 cm³/mol. The minimum Gasteiger partial charge on any atom is -0.495 e. The van der Waals surface area contributed by atoms with Crippen molar-refractivity contribution in [3.8, 4) is 11.5 Å². The lowest BCUT2D eigenvalue weighted by atomic mass is 10.1. The van der Waals surface area contributed by atoms with Gasteiger partial charge in [-0.25, -0.2) is 0 Å². The molecule has 0 aliphatic rings. The zero-order valence-electron chi connectivity index (χ0n) is 10.1. The minimum absolute atomic E-state index is 0.574. The average Bonchev–Trinajstić information content (AvgIpc) is 2.39. The first kappa shape index (κ1) is 13.5. The van der Waals surface area contributed by atoms with E-state index in [1.165, 1.54) is 0 Å². The van der Waals surface area contributed by atoms with Crippen LogP contribution in [0.3, 0.4) is 0 Å². The summed E-state index contributed by atoms with van der Waals surface area (Å²) in [6, 6.07) is 9.75. The van der Waals surface area contributed by atoms with Crippen molar-refractivity contribution in [1.82, 2.24) is 0 Å². The van der Waals surface area contributed by atoms with E-state index < -0.39 is 0 Å². The number of halogens is 2. The molecule has 0 aromatic heterocycles. The van der Waals surface area contributed by atoms with Gasteiger partial charge in [0.25, 0.3) is 0 Å². The van der Waals surface area contributed by atoms with Gasteiger partial charge in [-0.1, -0.05) is 51.8 Å². The van der Waals surface area contributed by atoms with Crippen LogP contribution in [-0.2, 0) is 0 Å². The highest BCUT2D eigenvalue weighted by atomic mass is 79.9. The number of hydrogen-bond donors (Lipinski definition) is 0. The van der Waals surface area contributed by atoms with Crippen molar-refractivity contribution in [2.24, 2.45) is 0 Å². The molecule has 0 aliphatic carbocycles. The molecule has 0 unspecified atom stereocenters. The van der Waals surface area contributed by atoms with Gasteiger partial charge >= 0.3 is 0 Å².